The summed E-state index contributed by atoms with van der Waals surface area (Å²) >= 11 is 0. The first-order chi connectivity index (χ1) is 10.8. The lowest BCUT2D eigenvalue weighted by Gasteiger charge is -2.31. The number of likely N-dealkylation sites (tertiary alicyclic amines) is 1. The highest BCUT2D eigenvalue weighted by Crippen LogP contribution is 2.25. The van der Waals surface area contributed by atoms with Crippen molar-refractivity contribution >= 4 is 16.8 Å². The van der Waals surface area contributed by atoms with E-state index in [0.29, 0.717) is 17.9 Å². The average Bonchev–Trinajstić information content (AvgIpc) is 3.25. The first-order valence-corrected chi connectivity index (χ1v) is 7.41. The molecule has 1 saturated heterocycles. The minimum atomic E-state index is 0.0599. The number of amides is 1. The minimum Gasteiger partial charge on any atom is -0.361 e. The van der Waals surface area contributed by atoms with Crippen LogP contribution < -0.4 is 0 Å². The van der Waals surface area contributed by atoms with Gasteiger partial charge >= 0.3 is 0 Å². The van der Waals surface area contributed by atoms with Crippen LogP contribution in [0.2, 0.25) is 0 Å². The zero-order chi connectivity index (χ0) is 14.9. The molecule has 0 radical (unpaired) electrons. The summed E-state index contributed by atoms with van der Waals surface area (Å²) in [6, 6.07) is 7.77. The Kier molecular flexibility index (Phi) is 3.10. The van der Waals surface area contributed by atoms with Crippen molar-refractivity contribution in [2.75, 3.05) is 13.1 Å². The van der Waals surface area contributed by atoms with Crippen LogP contribution in [0.1, 0.15) is 34.9 Å². The molecule has 2 N–H and O–H groups in total. The van der Waals surface area contributed by atoms with Crippen molar-refractivity contribution in [1.82, 2.24) is 30.5 Å². The van der Waals surface area contributed by atoms with Gasteiger partial charge in [0.15, 0.2) is 5.82 Å². The molecule has 22 heavy (non-hydrogen) atoms. The van der Waals surface area contributed by atoms with Gasteiger partial charge in [0, 0.05) is 36.3 Å². The summed E-state index contributed by atoms with van der Waals surface area (Å²) in [6.45, 7) is 1.41. The van der Waals surface area contributed by atoms with E-state index in [9.17, 15) is 4.79 Å². The molecule has 3 heterocycles. The number of carbonyl (C=O) groups excluding carboxylic acids is 1. The van der Waals surface area contributed by atoms with Crippen LogP contribution in [-0.4, -0.2) is 49.5 Å². The predicted molar refractivity (Wildman–Crippen MR) is 80.4 cm³/mol. The van der Waals surface area contributed by atoms with Gasteiger partial charge in [0.05, 0.1) is 0 Å². The molecule has 7 nitrogen and oxygen atoms in total. The van der Waals surface area contributed by atoms with Crippen LogP contribution in [0.15, 0.2) is 30.5 Å². The molecule has 1 fully saturated rings. The van der Waals surface area contributed by atoms with Crippen LogP contribution in [-0.2, 0) is 0 Å². The van der Waals surface area contributed by atoms with E-state index in [-0.39, 0.29) is 11.8 Å². The Balaban J connectivity index is 1.56. The normalized spacial score (nSPS) is 18.7. The number of fused-ring (bicyclic) bond motifs is 1. The summed E-state index contributed by atoms with van der Waals surface area (Å²) in [5.41, 5.74) is 1.70. The summed E-state index contributed by atoms with van der Waals surface area (Å²) in [7, 11) is 0. The molecule has 7 heteroatoms. The molecule has 1 aliphatic rings. The number of nitrogens with one attached hydrogen (secondary N) is 2. The molecule has 4 rings (SSSR count). The molecule has 0 spiro atoms. The van der Waals surface area contributed by atoms with Crippen LogP contribution in [0.4, 0.5) is 0 Å². The number of benzene rings is 1. The summed E-state index contributed by atoms with van der Waals surface area (Å²) in [4.78, 5) is 17.8. The van der Waals surface area contributed by atoms with Gasteiger partial charge < -0.3 is 9.88 Å². The number of rotatable bonds is 2. The number of H-pyrrole nitrogens is 2. The number of carbonyl (C=O) groups is 1. The predicted octanol–water partition coefficient (Wildman–Crippen LogP) is 1.70. The van der Waals surface area contributed by atoms with E-state index < -0.39 is 0 Å². The second kappa shape index (κ2) is 5.25. The first-order valence-electron chi connectivity index (χ1n) is 7.41. The fourth-order valence-corrected chi connectivity index (χ4v) is 3.08. The quantitative estimate of drug-likeness (QED) is 0.753. The lowest BCUT2D eigenvalue weighted by molar-refractivity contribution is 0.0704. The van der Waals surface area contributed by atoms with Gasteiger partial charge in [-0.3, -0.25) is 4.79 Å². The van der Waals surface area contributed by atoms with Gasteiger partial charge in [-0.05, 0) is 36.4 Å². The molecule has 1 aromatic carbocycles. The molecular weight excluding hydrogens is 280 g/mol. The molecule has 0 aliphatic carbocycles. The Labute approximate surface area is 126 Å². The van der Waals surface area contributed by atoms with Crippen LogP contribution >= 0.6 is 0 Å². The summed E-state index contributed by atoms with van der Waals surface area (Å²) in [6.07, 6.45) is 3.82. The van der Waals surface area contributed by atoms with E-state index in [1.807, 2.05) is 35.4 Å². The molecule has 1 unspecified atom stereocenters. The van der Waals surface area contributed by atoms with Gasteiger partial charge in [0.2, 0.25) is 0 Å². The van der Waals surface area contributed by atoms with Crippen molar-refractivity contribution in [2.24, 2.45) is 0 Å². The van der Waals surface area contributed by atoms with E-state index in [0.717, 1.165) is 30.3 Å². The third-order valence-electron chi connectivity index (χ3n) is 4.24. The maximum Gasteiger partial charge on any atom is 0.253 e. The zero-order valence-corrected chi connectivity index (χ0v) is 12.0. The molecule has 3 aromatic rings. The zero-order valence-electron chi connectivity index (χ0n) is 12.0. The number of tetrazole rings is 1. The van der Waals surface area contributed by atoms with Crippen molar-refractivity contribution in [3.05, 3.63) is 41.9 Å². The lowest BCUT2D eigenvalue weighted by atomic mass is 9.96. The molecule has 1 aliphatic heterocycles. The Morgan fingerprint density at radius 2 is 2.27 bits per heavy atom. The van der Waals surface area contributed by atoms with Gasteiger partial charge in [-0.2, -0.15) is 5.21 Å². The van der Waals surface area contributed by atoms with Gasteiger partial charge in [-0.15, -0.1) is 10.2 Å². The minimum absolute atomic E-state index is 0.0599. The average molecular weight is 296 g/mol. The number of piperidine rings is 1. The SMILES string of the molecule is O=C(c1ccc2cc[nH]c2c1)N1CCCC(c2nn[nH]n2)C1. The Morgan fingerprint density at radius 1 is 1.32 bits per heavy atom. The molecule has 1 amide bonds. The van der Waals surface area contributed by atoms with Crippen LogP contribution in [0.25, 0.3) is 10.9 Å². The number of nitrogens with zero attached hydrogens (tertiary/aromatic N) is 4. The van der Waals surface area contributed by atoms with E-state index in [2.05, 4.69) is 25.6 Å². The highest BCUT2D eigenvalue weighted by molar-refractivity contribution is 5.98. The number of hydrogen-bond acceptors (Lipinski definition) is 4. The third kappa shape index (κ3) is 2.24. The van der Waals surface area contributed by atoms with Gasteiger partial charge in [-0.25, -0.2) is 0 Å². The number of aromatic nitrogens is 5. The van der Waals surface area contributed by atoms with E-state index in [1.165, 1.54) is 0 Å². The largest absolute Gasteiger partial charge is 0.361 e. The van der Waals surface area contributed by atoms with Crippen molar-refractivity contribution in [3.63, 3.8) is 0 Å². The fraction of sp³-hybridized carbons (Fsp3) is 0.333. The van der Waals surface area contributed by atoms with E-state index in [1.54, 1.807) is 0 Å². The lowest BCUT2D eigenvalue weighted by Crippen LogP contribution is -2.39. The third-order valence-corrected chi connectivity index (χ3v) is 4.24. The Hall–Kier alpha value is -2.70. The molecule has 0 bridgehead atoms. The van der Waals surface area contributed by atoms with Crippen molar-refractivity contribution in [3.8, 4) is 0 Å². The standard InChI is InChI=1S/C15H16N6O/c22-15(11-4-3-10-5-6-16-13(10)8-11)21-7-1-2-12(9-21)14-17-19-20-18-14/h3-6,8,12,16H,1-2,7,9H2,(H,17,18,19,20). The van der Waals surface area contributed by atoms with Crippen molar-refractivity contribution < 1.29 is 4.79 Å². The highest BCUT2D eigenvalue weighted by Gasteiger charge is 2.27. The maximum absolute atomic E-state index is 12.7. The highest BCUT2D eigenvalue weighted by atomic mass is 16.2. The van der Waals surface area contributed by atoms with Crippen molar-refractivity contribution in [2.45, 2.75) is 18.8 Å². The van der Waals surface area contributed by atoms with E-state index in [4.69, 9.17) is 0 Å². The van der Waals surface area contributed by atoms with Gasteiger partial charge in [0.1, 0.15) is 0 Å². The molecule has 0 saturated carbocycles. The summed E-state index contributed by atoms with van der Waals surface area (Å²) in [5.74, 6) is 0.910. The maximum atomic E-state index is 12.7. The molecule has 112 valence electrons. The fourth-order valence-electron chi connectivity index (χ4n) is 3.08. The van der Waals surface area contributed by atoms with Crippen LogP contribution in [0.3, 0.4) is 0 Å². The monoisotopic (exact) mass is 296 g/mol. The summed E-state index contributed by atoms with van der Waals surface area (Å²) < 4.78 is 0. The number of hydrogen-bond donors (Lipinski definition) is 2. The van der Waals surface area contributed by atoms with E-state index >= 15 is 0 Å². The molecule has 2 aromatic heterocycles. The van der Waals surface area contributed by atoms with Gasteiger partial charge in [-0.1, -0.05) is 11.3 Å². The second-order valence-corrected chi connectivity index (χ2v) is 5.64. The van der Waals surface area contributed by atoms with Crippen molar-refractivity contribution in [1.29, 1.82) is 0 Å². The van der Waals surface area contributed by atoms with Gasteiger partial charge in [0.25, 0.3) is 5.91 Å². The summed E-state index contributed by atoms with van der Waals surface area (Å²) in [5, 5.41) is 15.3. The second-order valence-electron chi connectivity index (χ2n) is 5.64. The first kappa shape index (κ1) is 13.0. The molecule has 1 atom stereocenters. The Morgan fingerprint density at radius 3 is 3.14 bits per heavy atom. The Bertz CT molecular complexity index is 793. The smallest absolute Gasteiger partial charge is 0.253 e. The number of aromatic amines is 2. The topological polar surface area (TPSA) is 90.6 Å². The van der Waals surface area contributed by atoms with Crippen LogP contribution in [0, 0.1) is 0 Å². The molecular formula is C15H16N6O. The van der Waals surface area contributed by atoms with Crippen LogP contribution in [0.5, 0.6) is 0 Å².